The van der Waals surface area contributed by atoms with E-state index in [1.165, 1.54) is 0 Å². The summed E-state index contributed by atoms with van der Waals surface area (Å²) >= 11 is 0. The van der Waals surface area contributed by atoms with E-state index in [4.69, 9.17) is 4.42 Å². The number of nitrogens with zero attached hydrogens (tertiary/aromatic N) is 4. The lowest BCUT2D eigenvalue weighted by Gasteiger charge is -2.04. The van der Waals surface area contributed by atoms with Gasteiger partial charge in [0.25, 0.3) is 0 Å². The van der Waals surface area contributed by atoms with E-state index < -0.39 is 0 Å². The van der Waals surface area contributed by atoms with Gasteiger partial charge in [-0.2, -0.15) is 0 Å². The first kappa shape index (κ1) is 12.3. The molecular weight excluding hydrogens is 290 g/mol. The normalized spacial score (nSPS) is 11.7. The van der Waals surface area contributed by atoms with Crippen molar-refractivity contribution >= 4 is 21.8 Å². The van der Waals surface area contributed by atoms with Crippen LogP contribution >= 0.6 is 0 Å². The lowest BCUT2D eigenvalue weighted by atomic mass is 10.2. The number of rotatable bonds is 2. The molecule has 6 heteroatoms. The summed E-state index contributed by atoms with van der Waals surface area (Å²) in [4.78, 5) is 7.58. The van der Waals surface area contributed by atoms with Crippen molar-refractivity contribution in [3.05, 3.63) is 61.9 Å². The van der Waals surface area contributed by atoms with Crippen LogP contribution in [0.5, 0.6) is 0 Å². The zero-order valence-electron chi connectivity index (χ0n) is 12.4. The van der Waals surface area contributed by atoms with Gasteiger partial charge in [-0.05, 0) is 0 Å². The fraction of sp³-hybridized carbons (Fsp3) is 0.0588. The SMILES string of the molecule is C[n+]1[c-]n(-c2cccc3c2[nH]c2c(-n4ccnc4)occ23)cc1. The van der Waals surface area contributed by atoms with Crippen molar-refractivity contribution in [1.29, 1.82) is 0 Å². The molecule has 0 fully saturated rings. The molecular formula is C17H13N5O. The van der Waals surface area contributed by atoms with Crippen molar-refractivity contribution in [2.45, 2.75) is 0 Å². The topological polar surface area (TPSA) is 55.6 Å². The minimum atomic E-state index is 0.738. The first-order valence-electron chi connectivity index (χ1n) is 7.28. The first-order chi connectivity index (χ1) is 11.3. The number of imidazole rings is 2. The van der Waals surface area contributed by atoms with Crippen molar-refractivity contribution in [1.82, 2.24) is 19.1 Å². The maximum absolute atomic E-state index is 5.73. The average molecular weight is 303 g/mol. The number of hydrogen-bond acceptors (Lipinski definition) is 2. The fourth-order valence-corrected chi connectivity index (χ4v) is 3.00. The molecule has 0 amide bonds. The van der Waals surface area contributed by atoms with Gasteiger partial charge in [0.2, 0.25) is 12.2 Å². The minimum absolute atomic E-state index is 0.738. The predicted molar refractivity (Wildman–Crippen MR) is 84.5 cm³/mol. The highest BCUT2D eigenvalue weighted by Crippen LogP contribution is 2.33. The Morgan fingerprint density at radius 3 is 2.96 bits per heavy atom. The summed E-state index contributed by atoms with van der Waals surface area (Å²) in [6.45, 7) is 0. The highest BCUT2D eigenvalue weighted by atomic mass is 16.3. The molecule has 4 heterocycles. The first-order valence-corrected chi connectivity index (χ1v) is 7.28. The zero-order chi connectivity index (χ0) is 15.4. The lowest BCUT2D eigenvalue weighted by Crippen LogP contribution is -2.24. The number of para-hydroxylation sites is 1. The predicted octanol–water partition coefficient (Wildman–Crippen LogP) is 2.52. The van der Waals surface area contributed by atoms with Gasteiger partial charge in [0.15, 0.2) is 0 Å². The number of H-pyrrole nitrogens is 1. The summed E-state index contributed by atoms with van der Waals surface area (Å²) in [6.07, 6.45) is 14.3. The third-order valence-corrected chi connectivity index (χ3v) is 4.06. The van der Waals surface area contributed by atoms with Crippen molar-refractivity contribution < 1.29 is 8.98 Å². The molecule has 112 valence electrons. The maximum Gasteiger partial charge on any atom is 0.243 e. The van der Waals surface area contributed by atoms with Crippen LogP contribution in [0.2, 0.25) is 0 Å². The summed E-state index contributed by atoms with van der Waals surface area (Å²) in [5.74, 6) is 0.738. The van der Waals surface area contributed by atoms with Gasteiger partial charge in [0, 0.05) is 35.6 Å². The fourth-order valence-electron chi connectivity index (χ4n) is 3.00. The number of aromatic amines is 1. The summed E-state index contributed by atoms with van der Waals surface area (Å²) in [5, 5.41) is 2.18. The van der Waals surface area contributed by atoms with Crippen LogP contribution in [0.3, 0.4) is 0 Å². The summed E-state index contributed by atoms with van der Waals surface area (Å²) in [6, 6.07) is 6.21. The van der Waals surface area contributed by atoms with Gasteiger partial charge in [-0.1, -0.05) is 18.2 Å². The van der Waals surface area contributed by atoms with Crippen molar-refractivity contribution in [2.75, 3.05) is 0 Å². The number of benzene rings is 1. The van der Waals surface area contributed by atoms with E-state index in [-0.39, 0.29) is 0 Å². The van der Waals surface area contributed by atoms with Crippen LogP contribution in [0.15, 0.2) is 60.0 Å². The second-order valence-electron chi connectivity index (χ2n) is 5.50. The van der Waals surface area contributed by atoms with E-state index in [2.05, 4.69) is 28.4 Å². The molecule has 1 aromatic carbocycles. The molecule has 5 rings (SSSR count). The molecule has 0 atom stereocenters. The summed E-state index contributed by atoms with van der Waals surface area (Å²) < 4.78 is 11.5. The Bertz CT molecular complexity index is 1130. The minimum Gasteiger partial charge on any atom is -0.445 e. The Hall–Kier alpha value is -3.28. The van der Waals surface area contributed by atoms with Crippen LogP contribution in [0.4, 0.5) is 0 Å². The molecule has 6 nitrogen and oxygen atoms in total. The third kappa shape index (κ3) is 1.69. The number of fused-ring (bicyclic) bond motifs is 3. The maximum atomic E-state index is 5.73. The zero-order valence-corrected chi connectivity index (χ0v) is 12.4. The van der Waals surface area contributed by atoms with Crippen LogP contribution < -0.4 is 4.57 Å². The van der Waals surface area contributed by atoms with E-state index >= 15 is 0 Å². The highest BCUT2D eigenvalue weighted by molar-refractivity contribution is 6.11. The molecule has 4 aromatic heterocycles. The van der Waals surface area contributed by atoms with Crippen LogP contribution in [-0.4, -0.2) is 19.1 Å². The molecule has 0 saturated heterocycles. The van der Waals surface area contributed by atoms with Gasteiger partial charge in [-0.3, -0.25) is 4.57 Å². The van der Waals surface area contributed by atoms with Gasteiger partial charge in [0.05, 0.1) is 18.3 Å². The number of hydrogen-bond donors (Lipinski definition) is 1. The number of aromatic nitrogens is 5. The third-order valence-electron chi connectivity index (χ3n) is 4.06. The monoisotopic (exact) mass is 303 g/mol. The summed E-state index contributed by atoms with van der Waals surface area (Å²) in [5.41, 5.74) is 3.07. The van der Waals surface area contributed by atoms with E-state index in [1.54, 1.807) is 18.8 Å². The average Bonchev–Trinajstić information content (AvgIpc) is 3.30. The van der Waals surface area contributed by atoms with Gasteiger partial charge in [-0.25, -0.2) is 4.98 Å². The molecule has 0 saturated carbocycles. The van der Waals surface area contributed by atoms with E-state index in [0.29, 0.717) is 0 Å². The van der Waals surface area contributed by atoms with E-state index in [1.807, 2.05) is 45.4 Å². The van der Waals surface area contributed by atoms with Gasteiger partial charge < -0.3 is 18.5 Å². The van der Waals surface area contributed by atoms with Crippen LogP contribution in [0, 0.1) is 6.33 Å². The van der Waals surface area contributed by atoms with E-state index in [0.717, 1.165) is 33.4 Å². The smallest absolute Gasteiger partial charge is 0.243 e. The quantitative estimate of drug-likeness (QED) is 0.402. The van der Waals surface area contributed by atoms with Crippen LogP contribution in [0.1, 0.15) is 0 Å². The van der Waals surface area contributed by atoms with Gasteiger partial charge >= 0.3 is 0 Å². The molecule has 23 heavy (non-hydrogen) atoms. The molecule has 0 unspecified atom stereocenters. The largest absolute Gasteiger partial charge is 0.445 e. The van der Waals surface area contributed by atoms with Crippen molar-refractivity contribution in [2.24, 2.45) is 7.05 Å². The standard InChI is InChI=1S/C17H13N5O/c1-20-7-8-22(11-20)14-4-2-3-12-13-9-23-17(16(13)19-15(12)14)21-6-5-18-10-21/h2-10,19H,1H3. The Kier molecular flexibility index (Phi) is 2.33. The second kappa shape index (κ2) is 4.36. The Balaban J connectivity index is 1.83. The van der Waals surface area contributed by atoms with Crippen LogP contribution in [0.25, 0.3) is 33.4 Å². The lowest BCUT2D eigenvalue weighted by molar-refractivity contribution is -0.674. The number of aryl methyl sites for hydroxylation is 1. The molecule has 0 aliphatic rings. The Morgan fingerprint density at radius 2 is 2.17 bits per heavy atom. The molecule has 0 bridgehead atoms. The molecule has 0 radical (unpaired) electrons. The molecule has 0 aliphatic carbocycles. The van der Waals surface area contributed by atoms with Gasteiger partial charge in [-0.15, -0.1) is 0 Å². The van der Waals surface area contributed by atoms with Crippen LogP contribution in [-0.2, 0) is 7.05 Å². The second-order valence-corrected chi connectivity index (χ2v) is 5.50. The summed E-state index contributed by atoms with van der Waals surface area (Å²) in [7, 11) is 1.96. The molecule has 0 spiro atoms. The Morgan fingerprint density at radius 1 is 1.22 bits per heavy atom. The number of furan rings is 1. The number of nitrogens with one attached hydrogen (secondary N) is 1. The van der Waals surface area contributed by atoms with Crippen molar-refractivity contribution in [3.8, 4) is 11.6 Å². The Labute approximate surface area is 131 Å². The van der Waals surface area contributed by atoms with Gasteiger partial charge in [0.1, 0.15) is 18.1 Å². The molecule has 5 aromatic rings. The van der Waals surface area contributed by atoms with Crippen molar-refractivity contribution in [3.63, 3.8) is 0 Å². The molecule has 1 N–H and O–H groups in total. The highest BCUT2D eigenvalue weighted by Gasteiger charge is 2.15. The molecule has 0 aliphatic heterocycles. The van der Waals surface area contributed by atoms with E-state index in [9.17, 15) is 0 Å².